The topological polar surface area (TPSA) is 60.1 Å². The fraction of sp³-hybridized carbons (Fsp3) is 0.583. The van der Waals surface area contributed by atoms with Gasteiger partial charge in [0.2, 0.25) is 0 Å². The number of aryl methyl sites for hydroxylation is 1. The first-order chi connectivity index (χ1) is 15.2. The Morgan fingerprint density at radius 1 is 1.00 bits per heavy atom. The Kier molecular flexibility index (Phi) is 9.80. The predicted molar refractivity (Wildman–Crippen MR) is 139 cm³/mol. The molecule has 2 aliphatic heterocycles. The van der Waals surface area contributed by atoms with E-state index in [2.05, 4.69) is 61.4 Å². The van der Waals surface area contributed by atoms with Gasteiger partial charge in [0.15, 0.2) is 5.96 Å². The molecule has 0 spiro atoms. The van der Waals surface area contributed by atoms with Gasteiger partial charge in [-0.25, -0.2) is 0 Å². The van der Waals surface area contributed by atoms with E-state index in [1.807, 2.05) is 13.1 Å². The number of halogens is 1. The van der Waals surface area contributed by atoms with Crippen molar-refractivity contribution in [1.82, 2.24) is 25.2 Å². The van der Waals surface area contributed by atoms with Crippen molar-refractivity contribution in [1.29, 1.82) is 0 Å². The van der Waals surface area contributed by atoms with Crippen molar-refractivity contribution in [2.45, 2.75) is 32.9 Å². The van der Waals surface area contributed by atoms with Crippen molar-refractivity contribution in [2.24, 2.45) is 10.9 Å². The largest absolute Gasteiger partial charge is 0.364 e. The van der Waals surface area contributed by atoms with Crippen LogP contribution in [0.4, 0.5) is 0 Å². The third kappa shape index (κ3) is 7.18. The molecule has 0 unspecified atom stereocenters. The molecule has 1 aromatic heterocycles. The number of rotatable bonds is 6. The first-order valence-corrected chi connectivity index (χ1v) is 11.5. The number of hydrogen-bond acceptors (Lipinski definition) is 5. The molecule has 0 atom stereocenters. The summed E-state index contributed by atoms with van der Waals surface area (Å²) in [5, 5.41) is 7.68. The zero-order valence-electron chi connectivity index (χ0n) is 19.4. The molecule has 2 fully saturated rings. The molecule has 4 rings (SSSR count). The first-order valence-electron chi connectivity index (χ1n) is 11.5. The van der Waals surface area contributed by atoms with Crippen LogP contribution in [0.2, 0.25) is 0 Å². The van der Waals surface area contributed by atoms with E-state index in [4.69, 9.17) is 4.52 Å². The van der Waals surface area contributed by atoms with Crippen molar-refractivity contribution in [3.05, 3.63) is 53.4 Å². The van der Waals surface area contributed by atoms with Crippen LogP contribution in [0.5, 0.6) is 0 Å². The summed E-state index contributed by atoms with van der Waals surface area (Å²) in [5.74, 6) is 1.77. The van der Waals surface area contributed by atoms with Crippen LogP contribution >= 0.6 is 24.0 Å². The lowest BCUT2D eigenvalue weighted by Crippen LogP contribution is -2.53. The quantitative estimate of drug-likeness (QED) is 0.338. The zero-order valence-corrected chi connectivity index (χ0v) is 21.7. The molecule has 1 N–H and O–H groups in total. The minimum atomic E-state index is 0. The highest BCUT2D eigenvalue weighted by atomic mass is 127. The third-order valence-electron chi connectivity index (χ3n) is 6.54. The van der Waals surface area contributed by atoms with Gasteiger partial charge in [0, 0.05) is 58.9 Å². The summed E-state index contributed by atoms with van der Waals surface area (Å²) >= 11 is 0. The average molecular weight is 553 g/mol. The molecule has 0 bridgehead atoms. The maximum absolute atomic E-state index is 4.94. The number of hydrogen-bond donors (Lipinski definition) is 1. The molecule has 3 heterocycles. The normalized spacial score (nSPS) is 19.1. The number of benzene rings is 1. The molecule has 0 aliphatic carbocycles. The average Bonchev–Trinajstić information content (AvgIpc) is 3.31. The summed E-state index contributed by atoms with van der Waals surface area (Å²) in [6.45, 7) is 11.5. The van der Waals surface area contributed by atoms with E-state index < -0.39 is 0 Å². The lowest BCUT2D eigenvalue weighted by atomic mass is 9.96. The van der Waals surface area contributed by atoms with Gasteiger partial charge in [0.25, 0.3) is 0 Å². The van der Waals surface area contributed by atoms with Gasteiger partial charge < -0.3 is 14.7 Å². The standard InChI is InChI=1S/C24H36N6O.HI/c1-20-3-5-22(6-4-20)18-28-10-7-21(8-11-28)17-26-24(25-2)30-14-12-29(13-15-30)19-23-9-16-31-27-23;/h3-6,9,16,21H,7-8,10-15,17-19H2,1-2H3,(H,25,26);1H. The van der Waals surface area contributed by atoms with Gasteiger partial charge in [-0.05, 0) is 44.3 Å². The number of likely N-dealkylation sites (tertiary alicyclic amines) is 1. The van der Waals surface area contributed by atoms with E-state index in [0.717, 1.165) is 63.4 Å². The summed E-state index contributed by atoms with van der Waals surface area (Å²) < 4.78 is 4.94. The molecular weight excluding hydrogens is 515 g/mol. The van der Waals surface area contributed by atoms with Gasteiger partial charge in [0.1, 0.15) is 6.26 Å². The lowest BCUT2D eigenvalue weighted by molar-refractivity contribution is 0.164. The molecule has 0 amide bonds. The fourth-order valence-electron chi connectivity index (χ4n) is 4.53. The number of nitrogens with zero attached hydrogens (tertiary/aromatic N) is 5. The van der Waals surface area contributed by atoms with Crippen LogP contribution in [0.3, 0.4) is 0 Å². The highest BCUT2D eigenvalue weighted by Crippen LogP contribution is 2.19. The zero-order chi connectivity index (χ0) is 21.5. The van der Waals surface area contributed by atoms with Gasteiger partial charge in [-0.2, -0.15) is 0 Å². The van der Waals surface area contributed by atoms with Gasteiger partial charge in [-0.3, -0.25) is 14.8 Å². The summed E-state index contributed by atoms with van der Waals surface area (Å²) in [4.78, 5) is 11.9. The van der Waals surface area contributed by atoms with Gasteiger partial charge in [-0.15, -0.1) is 24.0 Å². The second-order valence-corrected chi connectivity index (χ2v) is 8.89. The van der Waals surface area contributed by atoms with Crippen molar-refractivity contribution in [3.63, 3.8) is 0 Å². The van der Waals surface area contributed by atoms with Crippen LogP contribution in [-0.2, 0) is 13.1 Å². The van der Waals surface area contributed by atoms with E-state index in [1.54, 1.807) is 6.26 Å². The minimum Gasteiger partial charge on any atom is -0.364 e. The van der Waals surface area contributed by atoms with E-state index in [0.29, 0.717) is 0 Å². The molecule has 0 saturated carbocycles. The maximum Gasteiger partial charge on any atom is 0.193 e. The number of nitrogens with one attached hydrogen (secondary N) is 1. The molecule has 0 radical (unpaired) electrons. The van der Waals surface area contributed by atoms with Crippen LogP contribution in [0, 0.1) is 12.8 Å². The van der Waals surface area contributed by atoms with Crippen molar-refractivity contribution < 1.29 is 4.52 Å². The van der Waals surface area contributed by atoms with Crippen LogP contribution < -0.4 is 5.32 Å². The molecule has 2 aromatic rings. The van der Waals surface area contributed by atoms with E-state index in [9.17, 15) is 0 Å². The van der Waals surface area contributed by atoms with Gasteiger partial charge >= 0.3 is 0 Å². The Bertz CT molecular complexity index is 810. The Morgan fingerprint density at radius 3 is 2.31 bits per heavy atom. The predicted octanol–water partition coefficient (Wildman–Crippen LogP) is 3.21. The summed E-state index contributed by atoms with van der Waals surface area (Å²) in [6.07, 6.45) is 4.15. The second kappa shape index (κ2) is 12.6. The van der Waals surface area contributed by atoms with Crippen LogP contribution in [0.15, 0.2) is 46.1 Å². The minimum absolute atomic E-state index is 0. The molecule has 7 nitrogen and oxygen atoms in total. The fourth-order valence-corrected chi connectivity index (χ4v) is 4.53. The van der Waals surface area contributed by atoms with E-state index >= 15 is 0 Å². The number of guanidine groups is 1. The van der Waals surface area contributed by atoms with E-state index in [1.165, 1.54) is 37.1 Å². The summed E-state index contributed by atoms with van der Waals surface area (Å²) in [6, 6.07) is 10.9. The molecule has 2 aliphatic rings. The summed E-state index contributed by atoms with van der Waals surface area (Å²) in [5.41, 5.74) is 3.76. The SMILES string of the molecule is CN=C(NCC1CCN(Cc2ccc(C)cc2)CC1)N1CCN(Cc2ccon2)CC1.I. The number of piperidine rings is 1. The Balaban J connectivity index is 0.00000289. The molecule has 32 heavy (non-hydrogen) atoms. The molecule has 176 valence electrons. The number of aromatic nitrogens is 1. The number of piperazine rings is 1. The van der Waals surface area contributed by atoms with Crippen molar-refractivity contribution >= 4 is 29.9 Å². The van der Waals surface area contributed by atoms with Crippen LogP contribution in [-0.4, -0.2) is 78.7 Å². The monoisotopic (exact) mass is 552 g/mol. The highest BCUT2D eigenvalue weighted by molar-refractivity contribution is 14.0. The summed E-state index contributed by atoms with van der Waals surface area (Å²) in [7, 11) is 1.90. The van der Waals surface area contributed by atoms with Crippen molar-refractivity contribution in [2.75, 3.05) is 52.9 Å². The van der Waals surface area contributed by atoms with Crippen LogP contribution in [0.25, 0.3) is 0 Å². The van der Waals surface area contributed by atoms with E-state index in [-0.39, 0.29) is 24.0 Å². The van der Waals surface area contributed by atoms with Gasteiger partial charge in [0.05, 0.1) is 5.69 Å². The smallest absolute Gasteiger partial charge is 0.193 e. The Labute approximate surface area is 209 Å². The molecular formula is C24H37IN6O. The number of aliphatic imine (C=N–C) groups is 1. The Hall–Kier alpha value is -1.65. The van der Waals surface area contributed by atoms with Crippen molar-refractivity contribution in [3.8, 4) is 0 Å². The second-order valence-electron chi connectivity index (χ2n) is 8.89. The first kappa shape index (κ1) is 25.0. The molecule has 1 aromatic carbocycles. The Morgan fingerprint density at radius 2 is 1.69 bits per heavy atom. The molecule has 8 heteroatoms. The molecule has 2 saturated heterocycles. The van der Waals surface area contributed by atoms with Gasteiger partial charge in [-0.1, -0.05) is 35.0 Å². The third-order valence-corrected chi connectivity index (χ3v) is 6.54. The highest BCUT2D eigenvalue weighted by Gasteiger charge is 2.23. The lowest BCUT2D eigenvalue weighted by Gasteiger charge is -2.37. The van der Waals surface area contributed by atoms with Crippen LogP contribution in [0.1, 0.15) is 29.7 Å². The maximum atomic E-state index is 4.94.